The summed E-state index contributed by atoms with van der Waals surface area (Å²) in [5.74, 6) is 1.39. The van der Waals surface area contributed by atoms with Crippen molar-refractivity contribution in [2.24, 2.45) is 0 Å². The molecule has 7 nitrogen and oxygen atoms in total. The predicted octanol–water partition coefficient (Wildman–Crippen LogP) is 1.98. The van der Waals surface area contributed by atoms with Crippen molar-refractivity contribution < 1.29 is 9.47 Å². The summed E-state index contributed by atoms with van der Waals surface area (Å²) in [6.07, 6.45) is 4.71. The van der Waals surface area contributed by atoms with Gasteiger partial charge >= 0.3 is 0 Å². The molecule has 1 aliphatic heterocycles. The summed E-state index contributed by atoms with van der Waals surface area (Å²) in [5, 5.41) is 5.14. The second-order valence-corrected chi connectivity index (χ2v) is 6.28. The van der Waals surface area contributed by atoms with Crippen LogP contribution in [0, 0.1) is 0 Å². The van der Waals surface area contributed by atoms with E-state index in [1.807, 2.05) is 42.2 Å². The minimum absolute atomic E-state index is 0.0645. The Morgan fingerprint density at radius 1 is 1.28 bits per heavy atom. The highest BCUT2D eigenvalue weighted by molar-refractivity contribution is 5.83. The van der Waals surface area contributed by atoms with Crippen molar-refractivity contribution in [3.8, 4) is 11.5 Å². The Labute approximate surface area is 144 Å². The van der Waals surface area contributed by atoms with Crippen LogP contribution in [0.1, 0.15) is 12.0 Å². The maximum absolute atomic E-state index is 12.4. The summed E-state index contributed by atoms with van der Waals surface area (Å²) in [5.41, 5.74) is 1.44. The van der Waals surface area contributed by atoms with E-state index >= 15 is 0 Å². The highest BCUT2D eigenvalue weighted by Gasteiger charge is 2.15. The zero-order chi connectivity index (χ0) is 17.2. The molecular weight excluding hydrogens is 320 g/mol. The SMILES string of the molecule is CN(CCCn1cccn1)Cc1cc2cc3c(cc2[nH]c1=O)OCO3. The third kappa shape index (κ3) is 3.36. The van der Waals surface area contributed by atoms with Gasteiger partial charge in [-0.15, -0.1) is 0 Å². The molecule has 130 valence electrons. The first-order chi connectivity index (χ1) is 12.2. The van der Waals surface area contributed by atoms with Crippen LogP contribution in [0.3, 0.4) is 0 Å². The number of aryl methyl sites for hydroxylation is 1. The smallest absolute Gasteiger partial charge is 0.252 e. The van der Waals surface area contributed by atoms with Gasteiger partial charge in [-0.05, 0) is 38.2 Å². The number of nitrogens with one attached hydrogen (secondary N) is 1. The Hall–Kier alpha value is -2.80. The standard InChI is InChI=1S/C18H20N4O3/c1-21(5-3-7-22-6-2-4-19-22)11-14-8-13-9-16-17(25-12-24-16)10-15(13)20-18(14)23/h2,4,6,8-10H,3,5,7,11-12H2,1H3,(H,20,23). The Morgan fingerprint density at radius 2 is 2.12 bits per heavy atom. The Morgan fingerprint density at radius 3 is 2.92 bits per heavy atom. The number of ether oxygens (including phenoxy) is 2. The lowest BCUT2D eigenvalue weighted by Gasteiger charge is -2.16. The lowest BCUT2D eigenvalue weighted by molar-refractivity contribution is 0.174. The molecule has 2 aromatic heterocycles. The molecule has 1 N–H and O–H groups in total. The summed E-state index contributed by atoms with van der Waals surface area (Å²) in [6.45, 7) is 2.58. The summed E-state index contributed by atoms with van der Waals surface area (Å²) < 4.78 is 12.7. The number of rotatable bonds is 6. The van der Waals surface area contributed by atoms with Crippen LogP contribution in [-0.2, 0) is 13.1 Å². The largest absolute Gasteiger partial charge is 0.454 e. The highest BCUT2D eigenvalue weighted by atomic mass is 16.7. The minimum atomic E-state index is -0.0645. The molecule has 0 saturated heterocycles. The molecule has 0 amide bonds. The zero-order valence-electron chi connectivity index (χ0n) is 14.1. The molecule has 0 atom stereocenters. The molecule has 4 rings (SSSR count). The lowest BCUT2D eigenvalue weighted by atomic mass is 10.1. The number of aromatic nitrogens is 3. The molecule has 0 spiro atoms. The van der Waals surface area contributed by atoms with Gasteiger partial charge in [0.15, 0.2) is 11.5 Å². The van der Waals surface area contributed by atoms with Crippen molar-refractivity contribution in [1.82, 2.24) is 19.7 Å². The Bertz CT molecular complexity index is 933. The van der Waals surface area contributed by atoms with Crippen LogP contribution < -0.4 is 15.0 Å². The second kappa shape index (κ2) is 6.60. The van der Waals surface area contributed by atoms with Crippen molar-refractivity contribution in [1.29, 1.82) is 0 Å². The molecule has 7 heteroatoms. The quantitative estimate of drug-likeness (QED) is 0.743. The molecule has 0 radical (unpaired) electrons. The molecule has 1 aliphatic rings. The van der Waals surface area contributed by atoms with E-state index in [1.165, 1.54) is 0 Å². The van der Waals surface area contributed by atoms with Crippen LogP contribution in [0.15, 0.2) is 41.5 Å². The number of H-pyrrole nitrogens is 1. The van der Waals surface area contributed by atoms with E-state index in [0.717, 1.165) is 41.7 Å². The second-order valence-electron chi connectivity index (χ2n) is 6.28. The van der Waals surface area contributed by atoms with Gasteiger partial charge < -0.3 is 19.4 Å². The normalized spacial score (nSPS) is 13.0. The monoisotopic (exact) mass is 340 g/mol. The number of nitrogens with zero attached hydrogens (tertiary/aromatic N) is 3. The van der Waals surface area contributed by atoms with Crippen LogP contribution in [0.5, 0.6) is 11.5 Å². The van der Waals surface area contributed by atoms with Gasteiger partial charge in [0.25, 0.3) is 5.56 Å². The van der Waals surface area contributed by atoms with Crippen molar-refractivity contribution in [3.63, 3.8) is 0 Å². The van der Waals surface area contributed by atoms with Crippen LogP contribution in [0.25, 0.3) is 10.9 Å². The van der Waals surface area contributed by atoms with Gasteiger partial charge in [0.05, 0.1) is 5.52 Å². The molecule has 25 heavy (non-hydrogen) atoms. The molecule has 0 saturated carbocycles. The van der Waals surface area contributed by atoms with Crippen LogP contribution in [-0.4, -0.2) is 40.0 Å². The van der Waals surface area contributed by atoms with Gasteiger partial charge in [-0.1, -0.05) is 0 Å². The van der Waals surface area contributed by atoms with Gasteiger partial charge in [-0.3, -0.25) is 9.48 Å². The molecule has 3 aromatic rings. The number of hydrogen-bond acceptors (Lipinski definition) is 5. The number of benzene rings is 1. The van der Waals surface area contributed by atoms with E-state index < -0.39 is 0 Å². The average molecular weight is 340 g/mol. The molecular formula is C18H20N4O3. The van der Waals surface area contributed by atoms with Crippen LogP contribution in [0.2, 0.25) is 0 Å². The first-order valence-electron chi connectivity index (χ1n) is 8.30. The molecule has 0 fully saturated rings. The van der Waals surface area contributed by atoms with Crippen LogP contribution in [0.4, 0.5) is 0 Å². The number of aromatic amines is 1. The maximum atomic E-state index is 12.4. The van der Waals surface area contributed by atoms with Gasteiger partial charge in [0.2, 0.25) is 6.79 Å². The number of pyridine rings is 1. The maximum Gasteiger partial charge on any atom is 0.252 e. The fourth-order valence-corrected chi connectivity index (χ4v) is 3.06. The van der Waals surface area contributed by atoms with Gasteiger partial charge in [-0.2, -0.15) is 5.10 Å². The highest BCUT2D eigenvalue weighted by Crippen LogP contribution is 2.35. The van der Waals surface area contributed by atoms with E-state index in [1.54, 1.807) is 6.20 Å². The van der Waals surface area contributed by atoms with E-state index in [9.17, 15) is 4.79 Å². The Kier molecular flexibility index (Phi) is 4.15. The lowest BCUT2D eigenvalue weighted by Crippen LogP contribution is -2.25. The fraction of sp³-hybridized carbons (Fsp3) is 0.333. The van der Waals surface area contributed by atoms with Crippen molar-refractivity contribution >= 4 is 10.9 Å². The van der Waals surface area contributed by atoms with Crippen LogP contribution >= 0.6 is 0 Å². The third-order valence-corrected chi connectivity index (χ3v) is 4.34. The van der Waals surface area contributed by atoms with E-state index in [0.29, 0.717) is 12.3 Å². The molecule has 1 aromatic carbocycles. The van der Waals surface area contributed by atoms with Crippen molar-refractivity contribution in [2.75, 3.05) is 20.4 Å². The van der Waals surface area contributed by atoms with E-state index in [-0.39, 0.29) is 12.4 Å². The molecule has 0 bridgehead atoms. The van der Waals surface area contributed by atoms with Crippen molar-refractivity contribution in [3.05, 3.63) is 52.6 Å². The molecule has 0 aliphatic carbocycles. The first kappa shape index (κ1) is 15.7. The molecule has 0 unspecified atom stereocenters. The Balaban J connectivity index is 1.46. The summed E-state index contributed by atoms with van der Waals surface area (Å²) in [4.78, 5) is 17.4. The number of hydrogen-bond donors (Lipinski definition) is 1. The summed E-state index contributed by atoms with van der Waals surface area (Å²) >= 11 is 0. The van der Waals surface area contributed by atoms with Gasteiger partial charge in [0, 0.05) is 42.5 Å². The number of fused-ring (bicyclic) bond motifs is 2. The topological polar surface area (TPSA) is 72.4 Å². The van der Waals surface area contributed by atoms with Crippen molar-refractivity contribution in [2.45, 2.75) is 19.5 Å². The van der Waals surface area contributed by atoms with Gasteiger partial charge in [0.1, 0.15) is 0 Å². The average Bonchev–Trinajstić information content (AvgIpc) is 3.25. The molecule has 3 heterocycles. The van der Waals surface area contributed by atoms with E-state index in [4.69, 9.17) is 9.47 Å². The van der Waals surface area contributed by atoms with E-state index in [2.05, 4.69) is 15.0 Å². The summed E-state index contributed by atoms with van der Waals surface area (Å²) in [7, 11) is 2.02. The third-order valence-electron chi connectivity index (χ3n) is 4.34. The fourth-order valence-electron chi connectivity index (χ4n) is 3.06. The first-order valence-corrected chi connectivity index (χ1v) is 8.30. The summed E-state index contributed by atoms with van der Waals surface area (Å²) in [6, 6.07) is 7.58. The predicted molar refractivity (Wildman–Crippen MR) is 93.9 cm³/mol. The van der Waals surface area contributed by atoms with Gasteiger partial charge in [-0.25, -0.2) is 0 Å². The minimum Gasteiger partial charge on any atom is -0.454 e. The zero-order valence-corrected chi connectivity index (χ0v) is 14.1.